The van der Waals surface area contributed by atoms with E-state index in [9.17, 15) is 0 Å². The predicted molar refractivity (Wildman–Crippen MR) is 83.3 cm³/mol. The smallest absolute Gasteiger partial charge is 0.161 e. The number of hydrogen-bond acceptors (Lipinski definition) is 3. The number of pyridine rings is 1. The van der Waals surface area contributed by atoms with E-state index in [1.54, 1.807) is 14.2 Å². The van der Waals surface area contributed by atoms with E-state index in [-0.39, 0.29) is 0 Å². The topological polar surface area (TPSA) is 35.8 Å². The SMILES string of the molecule is COc1ccc(-c2cn3ccc(CCl)cc3n2)cc1OC. The normalized spacial score (nSPS) is 10.8. The number of nitrogens with zero attached hydrogens (tertiary/aromatic N) is 2. The van der Waals surface area contributed by atoms with Gasteiger partial charge >= 0.3 is 0 Å². The van der Waals surface area contributed by atoms with Gasteiger partial charge in [0.15, 0.2) is 11.5 Å². The van der Waals surface area contributed by atoms with Gasteiger partial charge in [0.25, 0.3) is 0 Å². The first-order chi connectivity index (χ1) is 10.2. The molecule has 0 saturated heterocycles. The molecule has 0 N–H and O–H groups in total. The van der Waals surface area contributed by atoms with Gasteiger partial charge in [0.05, 0.1) is 19.9 Å². The Morgan fingerprint density at radius 1 is 1.10 bits per heavy atom. The molecule has 3 rings (SSSR count). The largest absolute Gasteiger partial charge is 0.493 e. The van der Waals surface area contributed by atoms with Crippen molar-refractivity contribution in [3.05, 3.63) is 48.3 Å². The number of rotatable bonds is 4. The van der Waals surface area contributed by atoms with Gasteiger partial charge in [-0.2, -0.15) is 0 Å². The lowest BCUT2D eigenvalue weighted by molar-refractivity contribution is 0.355. The van der Waals surface area contributed by atoms with Crippen molar-refractivity contribution >= 4 is 17.2 Å². The zero-order valence-electron chi connectivity index (χ0n) is 11.8. The lowest BCUT2D eigenvalue weighted by Crippen LogP contribution is -1.90. The van der Waals surface area contributed by atoms with Crippen LogP contribution in [0, 0.1) is 0 Å². The number of ether oxygens (including phenoxy) is 2. The molecule has 0 radical (unpaired) electrons. The third-order valence-electron chi connectivity index (χ3n) is 3.36. The van der Waals surface area contributed by atoms with Gasteiger partial charge in [-0.3, -0.25) is 0 Å². The number of halogens is 1. The number of methoxy groups -OCH3 is 2. The maximum atomic E-state index is 5.86. The molecular formula is C16H15ClN2O2. The molecule has 0 aliphatic heterocycles. The Kier molecular flexibility index (Phi) is 3.71. The van der Waals surface area contributed by atoms with Crippen molar-refractivity contribution in [3.8, 4) is 22.8 Å². The predicted octanol–water partition coefficient (Wildman–Crippen LogP) is 3.76. The second kappa shape index (κ2) is 5.66. The van der Waals surface area contributed by atoms with Crippen LogP contribution >= 0.6 is 11.6 Å². The summed E-state index contributed by atoms with van der Waals surface area (Å²) in [7, 11) is 3.24. The first-order valence-electron chi connectivity index (χ1n) is 6.51. The Morgan fingerprint density at radius 3 is 2.62 bits per heavy atom. The number of benzene rings is 1. The van der Waals surface area contributed by atoms with Gasteiger partial charge in [-0.05, 0) is 35.9 Å². The van der Waals surface area contributed by atoms with E-state index in [0.717, 1.165) is 22.5 Å². The maximum absolute atomic E-state index is 5.86. The molecule has 108 valence electrons. The molecular weight excluding hydrogens is 288 g/mol. The highest BCUT2D eigenvalue weighted by Crippen LogP contribution is 2.32. The fourth-order valence-corrected chi connectivity index (χ4v) is 2.41. The molecule has 0 atom stereocenters. The van der Waals surface area contributed by atoms with Crippen LogP contribution in [0.1, 0.15) is 5.56 Å². The summed E-state index contributed by atoms with van der Waals surface area (Å²) in [4.78, 5) is 4.63. The monoisotopic (exact) mass is 302 g/mol. The number of alkyl halides is 1. The highest BCUT2D eigenvalue weighted by molar-refractivity contribution is 6.17. The highest BCUT2D eigenvalue weighted by Gasteiger charge is 2.09. The van der Waals surface area contributed by atoms with E-state index in [1.165, 1.54) is 0 Å². The zero-order valence-corrected chi connectivity index (χ0v) is 12.6. The number of aromatic nitrogens is 2. The van der Waals surface area contributed by atoms with Gasteiger partial charge in [0.1, 0.15) is 5.65 Å². The van der Waals surface area contributed by atoms with Crippen molar-refractivity contribution < 1.29 is 9.47 Å². The molecule has 2 heterocycles. The molecule has 3 aromatic rings. The number of hydrogen-bond donors (Lipinski definition) is 0. The molecule has 21 heavy (non-hydrogen) atoms. The lowest BCUT2D eigenvalue weighted by Gasteiger charge is -2.08. The summed E-state index contributed by atoms with van der Waals surface area (Å²) < 4.78 is 12.6. The van der Waals surface area contributed by atoms with Crippen LogP contribution in [-0.2, 0) is 5.88 Å². The summed E-state index contributed by atoms with van der Waals surface area (Å²) >= 11 is 5.86. The van der Waals surface area contributed by atoms with Crippen molar-refractivity contribution in [3.63, 3.8) is 0 Å². The highest BCUT2D eigenvalue weighted by atomic mass is 35.5. The standard InChI is InChI=1S/C16H15ClN2O2/c1-20-14-4-3-12(8-15(14)21-2)13-10-19-6-5-11(9-17)7-16(19)18-13/h3-8,10H,9H2,1-2H3. The maximum Gasteiger partial charge on any atom is 0.161 e. The van der Waals surface area contributed by atoms with Gasteiger partial charge in [0, 0.05) is 23.8 Å². The molecule has 0 amide bonds. The minimum Gasteiger partial charge on any atom is -0.493 e. The van der Waals surface area contributed by atoms with Gasteiger partial charge in [-0.15, -0.1) is 11.6 Å². The Bertz CT molecular complexity index is 783. The van der Waals surface area contributed by atoms with Crippen LogP contribution in [0.15, 0.2) is 42.7 Å². The third kappa shape index (κ3) is 2.54. The van der Waals surface area contributed by atoms with Gasteiger partial charge < -0.3 is 13.9 Å². The molecule has 0 bridgehead atoms. The van der Waals surface area contributed by atoms with E-state index in [0.29, 0.717) is 17.4 Å². The van der Waals surface area contributed by atoms with Crippen LogP contribution < -0.4 is 9.47 Å². The second-order valence-corrected chi connectivity index (χ2v) is 4.90. The van der Waals surface area contributed by atoms with E-state index in [2.05, 4.69) is 4.98 Å². The molecule has 2 aromatic heterocycles. The summed E-state index contributed by atoms with van der Waals surface area (Å²) in [6, 6.07) is 9.73. The molecule has 0 aliphatic carbocycles. The average Bonchev–Trinajstić information content (AvgIpc) is 2.96. The van der Waals surface area contributed by atoms with Crippen molar-refractivity contribution in [1.29, 1.82) is 0 Å². The minimum absolute atomic E-state index is 0.481. The fourth-order valence-electron chi connectivity index (χ4n) is 2.24. The van der Waals surface area contributed by atoms with Gasteiger partial charge in [-0.25, -0.2) is 4.98 Å². The van der Waals surface area contributed by atoms with E-state index < -0.39 is 0 Å². The third-order valence-corrected chi connectivity index (χ3v) is 3.67. The Labute approximate surface area is 127 Å². The molecule has 0 spiro atoms. The van der Waals surface area contributed by atoms with Crippen LogP contribution in [0.2, 0.25) is 0 Å². The summed E-state index contributed by atoms with van der Waals surface area (Å²) in [6.07, 6.45) is 3.94. The van der Waals surface area contributed by atoms with Crippen LogP contribution in [-0.4, -0.2) is 23.6 Å². The average molecular weight is 303 g/mol. The fraction of sp³-hybridized carbons (Fsp3) is 0.188. The van der Waals surface area contributed by atoms with E-state index in [1.807, 2.05) is 47.1 Å². The number of imidazole rings is 1. The van der Waals surface area contributed by atoms with Crippen molar-refractivity contribution in [2.24, 2.45) is 0 Å². The van der Waals surface area contributed by atoms with Crippen LogP contribution in [0.5, 0.6) is 11.5 Å². The molecule has 0 fully saturated rings. The zero-order chi connectivity index (χ0) is 14.8. The minimum atomic E-state index is 0.481. The first kappa shape index (κ1) is 13.8. The lowest BCUT2D eigenvalue weighted by atomic mass is 10.1. The van der Waals surface area contributed by atoms with E-state index >= 15 is 0 Å². The molecule has 5 heteroatoms. The first-order valence-corrected chi connectivity index (χ1v) is 7.04. The Hall–Kier alpha value is -2.20. The summed E-state index contributed by atoms with van der Waals surface area (Å²) in [6.45, 7) is 0. The van der Waals surface area contributed by atoms with Crippen LogP contribution in [0.4, 0.5) is 0 Å². The van der Waals surface area contributed by atoms with Crippen LogP contribution in [0.25, 0.3) is 16.9 Å². The van der Waals surface area contributed by atoms with Gasteiger partial charge in [-0.1, -0.05) is 0 Å². The van der Waals surface area contributed by atoms with Crippen molar-refractivity contribution in [1.82, 2.24) is 9.38 Å². The Morgan fingerprint density at radius 2 is 1.90 bits per heavy atom. The number of fused-ring (bicyclic) bond motifs is 1. The van der Waals surface area contributed by atoms with Crippen molar-refractivity contribution in [2.45, 2.75) is 5.88 Å². The van der Waals surface area contributed by atoms with Gasteiger partial charge in [0.2, 0.25) is 0 Å². The molecule has 0 unspecified atom stereocenters. The summed E-state index contributed by atoms with van der Waals surface area (Å²) in [5.74, 6) is 1.87. The second-order valence-electron chi connectivity index (χ2n) is 4.63. The summed E-state index contributed by atoms with van der Waals surface area (Å²) in [5.41, 5.74) is 3.78. The van der Waals surface area contributed by atoms with Crippen LogP contribution in [0.3, 0.4) is 0 Å². The Balaban J connectivity index is 2.07. The summed E-state index contributed by atoms with van der Waals surface area (Å²) in [5, 5.41) is 0. The molecule has 1 aromatic carbocycles. The quantitative estimate of drug-likeness (QED) is 0.688. The molecule has 0 aliphatic rings. The molecule has 4 nitrogen and oxygen atoms in total. The van der Waals surface area contributed by atoms with Crippen molar-refractivity contribution in [2.75, 3.05) is 14.2 Å². The molecule has 0 saturated carbocycles. The van der Waals surface area contributed by atoms with E-state index in [4.69, 9.17) is 21.1 Å².